The number of anilines is 1. The van der Waals surface area contributed by atoms with Crippen LogP contribution in [-0.2, 0) is 7.05 Å². The first-order chi connectivity index (χ1) is 16.8. The number of benzene rings is 2. The Morgan fingerprint density at radius 1 is 1.20 bits per heavy atom. The van der Waals surface area contributed by atoms with Gasteiger partial charge in [-0.2, -0.15) is 5.26 Å². The van der Waals surface area contributed by atoms with Crippen molar-refractivity contribution in [2.75, 3.05) is 5.32 Å². The van der Waals surface area contributed by atoms with Crippen molar-refractivity contribution >= 4 is 23.2 Å². The highest BCUT2D eigenvalue weighted by atomic mass is 35.5. The van der Waals surface area contributed by atoms with Crippen molar-refractivity contribution in [2.45, 2.75) is 18.8 Å². The van der Waals surface area contributed by atoms with Crippen LogP contribution in [0.25, 0.3) is 0 Å². The van der Waals surface area contributed by atoms with E-state index in [9.17, 15) is 20.0 Å². The van der Waals surface area contributed by atoms with Crippen LogP contribution in [0.1, 0.15) is 51.8 Å². The first kappa shape index (κ1) is 23.7. The number of amides is 1. The molecule has 1 amide bonds. The monoisotopic (exact) mass is 489 g/mol. The van der Waals surface area contributed by atoms with Crippen molar-refractivity contribution in [2.24, 2.45) is 7.05 Å². The minimum absolute atomic E-state index is 0.223. The van der Waals surface area contributed by atoms with Gasteiger partial charge >= 0.3 is 0 Å². The van der Waals surface area contributed by atoms with E-state index in [4.69, 9.17) is 16.1 Å². The van der Waals surface area contributed by atoms with Gasteiger partial charge in [-0.3, -0.25) is 14.2 Å². The molecule has 0 unspecified atom stereocenters. The lowest BCUT2D eigenvalue weighted by molar-refractivity contribution is 0.101. The molecule has 4 rings (SSSR count). The molecule has 0 saturated heterocycles. The number of nitriles is 1. The number of nitrogens with one attached hydrogen (secondary N) is 1. The molecule has 2 N–H and O–H groups in total. The van der Waals surface area contributed by atoms with Crippen molar-refractivity contribution < 1.29 is 14.4 Å². The Morgan fingerprint density at radius 3 is 2.54 bits per heavy atom. The van der Waals surface area contributed by atoms with Crippen LogP contribution in [0.4, 0.5) is 5.69 Å². The van der Waals surface area contributed by atoms with Crippen molar-refractivity contribution in [3.05, 3.63) is 105 Å². The third-order valence-corrected chi connectivity index (χ3v) is 6.11. The van der Waals surface area contributed by atoms with E-state index in [0.29, 0.717) is 16.1 Å². The summed E-state index contributed by atoms with van der Waals surface area (Å²) in [6, 6.07) is 16.5. The minimum Gasteiger partial charge on any atom is -0.501 e. The fourth-order valence-electron chi connectivity index (χ4n) is 4.08. The van der Waals surface area contributed by atoms with Crippen LogP contribution in [0.15, 0.2) is 70.3 Å². The summed E-state index contributed by atoms with van der Waals surface area (Å²) in [7, 11) is 1.46. The second-order valence-corrected chi connectivity index (χ2v) is 8.29. The molecule has 4 aromatic rings. The van der Waals surface area contributed by atoms with Crippen molar-refractivity contribution in [3.63, 3.8) is 0 Å². The van der Waals surface area contributed by atoms with Gasteiger partial charge in [-0.05, 0) is 23.3 Å². The number of carbonyl (C=O) groups excluding carboxylic acids is 1. The molecule has 2 heterocycles. The third-order valence-electron chi connectivity index (χ3n) is 5.77. The number of aromatic nitrogens is 3. The summed E-state index contributed by atoms with van der Waals surface area (Å²) in [6.07, 6.45) is 2.47. The maximum Gasteiger partial charge on any atom is 0.296 e. The maximum atomic E-state index is 12.9. The molecular weight excluding hydrogens is 470 g/mol. The molecule has 0 bridgehead atoms. The average molecular weight is 490 g/mol. The van der Waals surface area contributed by atoms with Gasteiger partial charge in [-0.25, -0.2) is 4.98 Å². The number of hydrogen-bond acceptors (Lipinski definition) is 7. The maximum absolute atomic E-state index is 12.9. The molecule has 176 valence electrons. The highest BCUT2D eigenvalue weighted by molar-refractivity contribution is 6.31. The molecule has 2 atom stereocenters. The van der Waals surface area contributed by atoms with Gasteiger partial charge in [0.05, 0.1) is 17.8 Å². The summed E-state index contributed by atoms with van der Waals surface area (Å²) in [5.41, 5.74) is 0.865. The van der Waals surface area contributed by atoms with Gasteiger partial charge in [-0.15, -0.1) is 0 Å². The summed E-state index contributed by atoms with van der Waals surface area (Å²) >= 11 is 6.56. The van der Waals surface area contributed by atoms with Gasteiger partial charge in [0.1, 0.15) is 17.8 Å². The van der Waals surface area contributed by atoms with E-state index in [1.807, 2.05) is 31.2 Å². The predicted molar refractivity (Wildman–Crippen MR) is 128 cm³/mol. The van der Waals surface area contributed by atoms with Gasteiger partial charge in [0, 0.05) is 23.9 Å². The van der Waals surface area contributed by atoms with Gasteiger partial charge in [0.15, 0.2) is 5.69 Å². The number of rotatable bonds is 6. The zero-order valence-electron chi connectivity index (χ0n) is 18.8. The van der Waals surface area contributed by atoms with E-state index in [1.165, 1.54) is 24.1 Å². The molecule has 0 aliphatic rings. The molecule has 0 aliphatic carbocycles. The first-order valence-corrected chi connectivity index (χ1v) is 10.9. The Labute approximate surface area is 205 Å². The van der Waals surface area contributed by atoms with Crippen LogP contribution in [0.5, 0.6) is 5.75 Å². The molecule has 10 heteroatoms. The molecule has 2 aromatic carbocycles. The van der Waals surface area contributed by atoms with Crippen molar-refractivity contribution in [1.82, 2.24) is 14.7 Å². The second-order valence-electron chi connectivity index (χ2n) is 7.89. The molecular formula is C25H20ClN5O4. The average Bonchev–Trinajstić information content (AvgIpc) is 3.37. The Hall–Kier alpha value is -4.42. The summed E-state index contributed by atoms with van der Waals surface area (Å²) in [4.78, 5) is 30.1. The fourth-order valence-corrected chi connectivity index (χ4v) is 4.34. The lowest BCUT2D eigenvalue weighted by Crippen LogP contribution is -2.29. The second kappa shape index (κ2) is 9.83. The molecule has 9 nitrogen and oxygen atoms in total. The SMILES string of the molecule is C[C@H](c1nc(C(=O)Nc2cnoc2)c(O)c(=O)n1C)[C@H](c1ccccc1Cl)c1ccccc1C#N. The van der Waals surface area contributed by atoms with Crippen molar-refractivity contribution in [1.29, 1.82) is 5.26 Å². The van der Waals surface area contributed by atoms with E-state index >= 15 is 0 Å². The van der Waals surface area contributed by atoms with Crippen LogP contribution in [0, 0.1) is 11.3 Å². The lowest BCUT2D eigenvalue weighted by atomic mass is 9.79. The first-order valence-electron chi connectivity index (χ1n) is 10.6. The number of carbonyl (C=O) groups is 1. The molecule has 35 heavy (non-hydrogen) atoms. The van der Waals surface area contributed by atoms with Gasteiger partial charge in [0.2, 0.25) is 5.75 Å². The molecule has 0 radical (unpaired) electrons. The number of nitrogens with zero attached hydrogens (tertiary/aromatic N) is 4. The highest BCUT2D eigenvalue weighted by Crippen LogP contribution is 2.41. The normalized spacial score (nSPS) is 12.5. The van der Waals surface area contributed by atoms with E-state index in [-0.39, 0.29) is 11.5 Å². The van der Waals surface area contributed by atoms with E-state index in [1.54, 1.807) is 24.3 Å². The van der Waals surface area contributed by atoms with Crippen LogP contribution in [-0.4, -0.2) is 25.7 Å². The lowest BCUT2D eigenvalue weighted by Gasteiger charge is -2.28. The molecule has 0 saturated carbocycles. The fraction of sp³-hybridized carbons (Fsp3) is 0.160. The Kier molecular flexibility index (Phi) is 6.66. The van der Waals surface area contributed by atoms with Crippen LogP contribution < -0.4 is 10.9 Å². The van der Waals surface area contributed by atoms with Gasteiger partial charge in [-0.1, -0.05) is 60.1 Å². The molecule has 2 aromatic heterocycles. The summed E-state index contributed by atoms with van der Waals surface area (Å²) in [5.74, 6) is -2.39. The zero-order chi connectivity index (χ0) is 25.1. The van der Waals surface area contributed by atoms with Crippen molar-refractivity contribution in [3.8, 4) is 11.8 Å². The minimum atomic E-state index is -0.802. The van der Waals surface area contributed by atoms with Crippen LogP contribution in [0.2, 0.25) is 5.02 Å². The van der Waals surface area contributed by atoms with Gasteiger partial charge < -0.3 is 14.9 Å². The highest BCUT2D eigenvalue weighted by Gasteiger charge is 2.31. The van der Waals surface area contributed by atoms with E-state index < -0.39 is 34.7 Å². The number of aromatic hydroxyl groups is 1. The molecule has 0 spiro atoms. The quantitative estimate of drug-likeness (QED) is 0.414. The Balaban J connectivity index is 1.89. The summed E-state index contributed by atoms with van der Waals surface area (Å²) < 4.78 is 5.89. The molecule has 0 aliphatic heterocycles. The number of halogens is 1. The Bertz CT molecular complexity index is 1490. The predicted octanol–water partition coefficient (Wildman–Crippen LogP) is 4.19. The van der Waals surface area contributed by atoms with E-state index in [0.717, 1.165) is 5.56 Å². The third kappa shape index (κ3) is 4.52. The topological polar surface area (TPSA) is 134 Å². The largest absolute Gasteiger partial charge is 0.501 e. The zero-order valence-corrected chi connectivity index (χ0v) is 19.5. The van der Waals surface area contributed by atoms with Crippen LogP contribution in [0.3, 0.4) is 0 Å². The van der Waals surface area contributed by atoms with Gasteiger partial charge in [0.25, 0.3) is 11.5 Å². The number of hydrogen-bond donors (Lipinski definition) is 2. The van der Waals surface area contributed by atoms with E-state index in [2.05, 4.69) is 21.5 Å². The smallest absolute Gasteiger partial charge is 0.296 e. The standard InChI is InChI=1S/C25H20ClN5O4/c1-14(20(18-9-5-6-10-19(18)26)17-8-4-3-7-15(17)11-27)23-30-21(22(32)25(34)31(23)2)24(33)29-16-12-28-35-13-16/h3-10,12-14,20,32H,1-2H3,(H,29,33)/t14-,20-/m0/s1. The molecule has 0 fully saturated rings. The summed E-state index contributed by atoms with van der Waals surface area (Å²) in [5, 5.41) is 26.6. The Morgan fingerprint density at radius 2 is 1.89 bits per heavy atom. The van der Waals surface area contributed by atoms with Crippen LogP contribution >= 0.6 is 11.6 Å². The summed E-state index contributed by atoms with van der Waals surface area (Å²) in [6.45, 7) is 1.82.